The highest BCUT2D eigenvalue weighted by Crippen LogP contribution is 2.44. The van der Waals surface area contributed by atoms with E-state index in [1.165, 1.54) is 0 Å². The number of aromatic nitrogens is 3. The molecule has 4 heterocycles. The van der Waals surface area contributed by atoms with Crippen molar-refractivity contribution < 1.29 is 9.53 Å². The van der Waals surface area contributed by atoms with Gasteiger partial charge in [0.2, 0.25) is 0 Å². The van der Waals surface area contributed by atoms with E-state index in [9.17, 15) is 4.79 Å². The van der Waals surface area contributed by atoms with Crippen molar-refractivity contribution in [3.8, 4) is 11.4 Å². The molecule has 192 valence electrons. The summed E-state index contributed by atoms with van der Waals surface area (Å²) in [5, 5.41) is 6.08. The summed E-state index contributed by atoms with van der Waals surface area (Å²) >= 11 is 5.25. The molecule has 0 bridgehead atoms. The number of anilines is 2. The van der Waals surface area contributed by atoms with Crippen LogP contribution in [-0.2, 0) is 10.2 Å². The van der Waals surface area contributed by atoms with Crippen molar-refractivity contribution in [2.75, 3.05) is 24.3 Å². The van der Waals surface area contributed by atoms with Gasteiger partial charge in [0, 0.05) is 34.8 Å². The molecule has 38 heavy (non-hydrogen) atoms. The van der Waals surface area contributed by atoms with Crippen molar-refractivity contribution in [1.82, 2.24) is 14.4 Å². The van der Waals surface area contributed by atoms with E-state index >= 15 is 0 Å². The molecule has 1 fully saturated rings. The minimum Gasteiger partial charge on any atom is -0.397 e. The highest BCUT2D eigenvalue weighted by Gasteiger charge is 2.39. The number of hydrogen-bond donors (Lipinski definition) is 2. The molecule has 6 rings (SSSR count). The molecule has 3 aromatic heterocycles. The lowest BCUT2D eigenvalue weighted by molar-refractivity contribution is 0.0630. The van der Waals surface area contributed by atoms with Crippen molar-refractivity contribution >= 4 is 50.2 Å². The van der Waals surface area contributed by atoms with Gasteiger partial charge in [0.05, 0.1) is 28.2 Å². The molecule has 2 aromatic carbocycles. The first-order valence-corrected chi connectivity index (χ1v) is 14.1. The summed E-state index contributed by atoms with van der Waals surface area (Å²) in [5.41, 5.74) is 12.3. The van der Waals surface area contributed by atoms with Gasteiger partial charge < -0.3 is 15.8 Å². The first kappa shape index (κ1) is 24.8. The number of nitrogens with zero attached hydrogens (tertiary/aromatic N) is 3. The minimum atomic E-state index is -0.283. The maximum absolute atomic E-state index is 12.9. The van der Waals surface area contributed by atoms with E-state index in [-0.39, 0.29) is 11.3 Å². The van der Waals surface area contributed by atoms with Crippen LogP contribution >= 0.6 is 27.3 Å². The van der Waals surface area contributed by atoms with E-state index in [1.54, 1.807) is 23.5 Å². The summed E-state index contributed by atoms with van der Waals surface area (Å²) < 4.78 is 8.83. The number of rotatable bonds is 5. The number of aryl methyl sites for hydroxylation is 1. The molecule has 9 heteroatoms. The second kappa shape index (κ2) is 9.98. The Morgan fingerprint density at radius 3 is 2.61 bits per heavy atom. The number of amides is 1. The Morgan fingerprint density at radius 2 is 1.84 bits per heavy atom. The molecule has 1 amide bonds. The van der Waals surface area contributed by atoms with Crippen LogP contribution in [0.3, 0.4) is 0 Å². The molecular formula is C29H26BrN5O2S. The number of hydrogen-bond acceptors (Lipinski definition) is 6. The normalized spacial score (nSPS) is 15.0. The molecule has 0 atom stereocenters. The predicted octanol–water partition coefficient (Wildman–Crippen LogP) is 6.46. The molecule has 0 saturated carbocycles. The topological polar surface area (TPSA) is 94.5 Å². The number of benzene rings is 2. The number of nitrogens with one attached hydrogen (secondary N) is 1. The number of fused-ring (bicyclic) bond motifs is 1. The average Bonchev–Trinajstić information content (AvgIpc) is 3.54. The monoisotopic (exact) mass is 587 g/mol. The molecule has 1 aliphatic heterocycles. The Hall–Kier alpha value is -3.53. The Balaban J connectivity index is 1.34. The van der Waals surface area contributed by atoms with E-state index in [0.29, 0.717) is 30.2 Å². The van der Waals surface area contributed by atoms with Crippen LogP contribution < -0.4 is 11.1 Å². The van der Waals surface area contributed by atoms with Crippen LogP contribution in [0.2, 0.25) is 0 Å². The zero-order valence-corrected chi connectivity index (χ0v) is 23.2. The summed E-state index contributed by atoms with van der Waals surface area (Å²) in [6.07, 6.45) is 3.67. The molecule has 1 aliphatic rings. The summed E-state index contributed by atoms with van der Waals surface area (Å²) in [4.78, 5) is 22.8. The summed E-state index contributed by atoms with van der Waals surface area (Å²) in [6.45, 7) is 3.34. The minimum absolute atomic E-state index is 0.193. The van der Waals surface area contributed by atoms with Crippen molar-refractivity contribution in [3.63, 3.8) is 0 Å². The van der Waals surface area contributed by atoms with Crippen molar-refractivity contribution in [2.24, 2.45) is 0 Å². The number of nitrogen functional groups attached to an aromatic ring is 1. The van der Waals surface area contributed by atoms with Gasteiger partial charge in [0.1, 0.15) is 16.3 Å². The molecule has 3 N–H and O–H groups in total. The molecule has 1 saturated heterocycles. The van der Waals surface area contributed by atoms with E-state index in [2.05, 4.69) is 31.0 Å². The summed E-state index contributed by atoms with van der Waals surface area (Å²) in [7, 11) is 0. The lowest BCUT2D eigenvalue weighted by Gasteiger charge is -2.36. The Labute approximate surface area is 232 Å². The van der Waals surface area contributed by atoms with Crippen LogP contribution in [0.5, 0.6) is 0 Å². The third-order valence-electron chi connectivity index (χ3n) is 7.17. The largest absolute Gasteiger partial charge is 0.397 e. The van der Waals surface area contributed by atoms with Gasteiger partial charge in [-0.3, -0.25) is 9.20 Å². The van der Waals surface area contributed by atoms with Crippen molar-refractivity contribution in [2.45, 2.75) is 25.2 Å². The fourth-order valence-corrected chi connectivity index (χ4v) is 6.56. The SMILES string of the molecule is Cc1nc2ccc(Br)cn2c1-c1csc(C2(c3ccc(C(=O)Nc4ccccc4N)cc3)CCOCC2)n1. The molecular weight excluding hydrogens is 562 g/mol. The van der Waals surface area contributed by atoms with E-state index in [0.717, 1.165) is 50.6 Å². The number of nitrogens with two attached hydrogens (primary N) is 1. The average molecular weight is 589 g/mol. The van der Waals surface area contributed by atoms with Gasteiger partial charge in [-0.1, -0.05) is 24.3 Å². The van der Waals surface area contributed by atoms with E-state index < -0.39 is 0 Å². The van der Waals surface area contributed by atoms with Gasteiger partial charge in [-0.05, 0) is 77.7 Å². The van der Waals surface area contributed by atoms with Crippen LogP contribution in [-0.4, -0.2) is 33.5 Å². The van der Waals surface area contributed by atoms with E-state index in [4.69, 9.17) is 20.4 Å². The smallest absolute Gasteiger partial charge is 0.255 e. The predicted molar refractivity (Wildman–Crippen MR) is 155 cm³/mol. The maximum Gasteiger partial charge on any atom is 0.255 e. The molecule has 5 aromatic rings. The maximum atomic E-state index is 12.9. The standard InChI is InChI=1S/C29H26BrN5O2S/c1-18-26(35-16-21(30)10-11-25(35)32-18)24-17-38-28(34-24)29(12-14-37-15-13-29)20-8-6-19(7-9-20)27(36)33-23-5-3-2-4-22(23)31/h2-11,16-17H,12-15,31H2,1H3,(H,33,36). The third-order valence-corrected chi connectivity index (χ3v) is 8.68. The van der Waals surface area contributed by atoms with Crippen LogP contribution in [0.1, 0.15) is 39.5 Å². The number of pyridine rings is 1. The van der Waals surface area contributed by atoms with Gasteiger partial charge in [0.25, 0.3) is 5.91 Å². The number of ether oxygens (including phenoxy) is 1. The number of carbonyl (C=O) groups is 1. The Morgan fingerprint density at radius 1 is 1.08 bits per heavy atom. The van der Waals surface area contributed by atoms with E-state index in [1.807, 2.05) is 61.7 Å². The fourth-order valence-electron chi connectivity index (χ4n) is 5.14. The first-order chi connectivity index (χ1) is 18.4. The molecule has 0 unspecified atom stereocenters. The second-order valence-electron chi connectivity index (χ2n) is 9.47. The summed E-state index contributed by atoms with van der Waals surface area (Å²) in [6, 6.07) is 19.1. The Bertz CT molecular complexity index is 1640. The zero-order chi connectivity index (χ0) is 26.3. The lowest BCUT2D eigenvalue weighted by Crippen LogP contribution is -2.35. The highest BCUT2D eigenvalue weighted by molar-refractivity contribution is 9.10. The molecule has 7 nitrogen and oxygen atoms in total. The first-order valence-electron chi connectivity index (χ1n) is 12.4. The number of halogens is 1. The number of imidazole rings is 1. The lowest BCUT2D eigenvalue weighted by atomic mass is 9.74. The van der Waals surface area contributed by atoms with Gasteiger partial charge >= 0.3 is 0 Å². The van der Waals surface area contributed by atoms with Crippen LogP contribution in [0, 0.1) is 6.92 Å². The zero-order valence-electron chi connectivity index (χ0n) is 20.8. The van der Waals surface area contributed by atoms with Crippen molar-refractivity contribution in [3.05, 3.63) is 98.5 Å². The summed E-state index contributed by atoms with van der Waals surface area (Å²) in [5.74, 6) is -0.193. The molecule has 0 aliphatic carbocycles. The van der Waals surface area contributed by atoms with Crippen LogP contribution in [0.15, 0.2) is 76.7 Å². The third kappa shape index (κ3) is 4.40. The number of carbonyl (C=O) groups excluding carboxylic acids is 1. The fraction of sp³-hybridized carbons (Fsp3) is 0.207. The number of para-hydroxylation sites is 2. The van der Waals surface area contributed by atoms with Crippen molar-refractivity contribution in [1.29, 1.82) is 0 Å². The second-order valence-corrected chi connectivity index (χ2v) is 11.2. The number of thiazole rings is 1. The van der Waals surface area contributed by atoms with Gasteiger partial charge in [-0.25, -0.2) is 9.97 Å². The highest BCUT2D eigenvalue weighted by atomic mass is 79.9. The molecule has 0 radical (unpaired) electrons. The Kier molecular flexibility index (Phi) is 6.51. The van der Waals surface area contributed by atoms with Gasteiger partial charge in [-0.2, -0.15) is 0 Å². The van der Waals surface area contributed by atoms with Gasteiger partial charge in [0.15, 0.2) is 0 Å². The van der Waals surface area contributed by atoms with Crippen LogP contribution in [0.25, 0.3) is 17.0 Å². The molecule has 0 spiro atoms. The van der Waals surface area contributed by atoms with Gasteiger partial charge in [-0.15, -0.1) is 11.3 Å². The quantitative estimate of drug-likeness (QED) is 0.230. The van der Waals surface area contributed by atoms with Crippen LogP contribution in [0.4, 0.5) is 11.4 Å².